The first-order chi connectivity index (χ1) is 28.3. The predicted octanol–water partition coefficient (Wildman–Crippen LogP) is 13.9. The molecular weight excluding hydrogens is 717 g/mol. The number of fused-ring (bicyclic) bond motifs is 9. The minimum Gasteiger partial charge on any atom is -0.456 e. The summed E-state index contributed by atoms with van der Waals surface area (Å²) in [6.07, 6.45) is 0. The zero-order chi connectivity index (χ0) is 37.5. The van der Waals surface area contributed by atoms with E-state index in [0.717, 1.165) is 44.2 Å². The predicted molar refractivity (Wildman–Crippen MR) is 236 cm³/mol. The molecule has 4 heterocycles. The second-order valence-corrected chi connectivity index (χ2v) is 15.4. The fraction of sp³-hybridized carbons (Fsp3) is 0. The zero-order valence-corrected chi connectivity index (χ0v) is 31.2. The maximum absolute atomic E-state index is 6.53. The molecule has 12 aromatic rings. The van der Waals surface area contributed by atoms with E-state index in [9.17, 15) is 0 Å². The summed E-state index contributed by atoms with van der Waals surface area (Å²) in [6, 6.07) is 63.7. The maximum atomic E-state index is 6.53. The third kappa shape index (κ3) is 4.98. The van der Waals surface area contributed by atoms with Gasteiger partial charge in [-0.05, 0) is 53.6 Å². The summed E-state index contributed by atoms with van der Waals surface area (Å²) in [7, 11) is 0. The number of benzene rings is 8. The standard InChI is InChI=1S/C51H30N4OS/c1-3-14-31(15-4-1)49-52-50(32-16-5-2-6-17-32)54-51(53-49)38-22-12-26-44-46(38)39-30-33(28-29-43(39)56-44)34-20-13-27-45-47(34)37-21-11-25-42(48(37)57-45)55-40-23-9-7-18-35(40)36-19-8-10-24-41(36)55/h1-30H. The molecule has 0 bridgehead atoms. The van der Waals surface area contributed by atoms with Gasteiger partial charge in [-0.15, -0.1) is 11.3 Å². The molecule has 5 nitrogen and oxygen atoms in total. The Hall–Kier alpha value is -7.41. The van der Waals surface area contributed by atoms with E-state index in [1.165, 1.54) is 53.2 Å². The van der Waals surface area contributed by atoms with Crippen LogP contribution in [0.1, 0.15) is 0 Å². The molecule has 0 aliphatic heterocycles. The molecule has 57 heavy (non-hydrogen) atoms. The summed E-state index contributed by atoms with van der Waals surface area (Å²) in [5.74, 6) is 1.85. The lowest BCUT2D eigenvalue weighted by atomic mass is 9.97. The maximum Gasteiger partial charge on any atom is 0.164 e. The van der Waals surface area contributed by atoms with Crippen molar-refractivity contribution < 1.29 is 4.42 Å². The molecule has 8 aromatic carbocycles. The Labute approximate surface area is 330 Å². The Balaban J connectivity index is 1.06. The summed E-state index contributed by atoms with van der Waals surface area (Å²) in [4.78, 5) is 15.1. The minimum atomic E-state index is 0.602. The van der Waals surface area contributed by atoms with Gasteiger partial charge in [-0.3, -0.25) is 0 Å². The number of nitrogens with zero attached hydrogens (tertiary/aromatic N) is 4. The first-order valence-electron chi connectivity index (χ1n) is 19.0. The topological polar surface area (TPSA) is 56.7 Å². The first kappa shape index (κ1) is 31.9. The molecule has 0 spiro atoms. The molecule has 0 amide bonds. The molecule has 12 rings (SSSR count). The Morgan fingerprint density at radius 1 is 0.404 bits per heavy atom. The lowest BCUT2D eigenvalue weighted by Gasteiger charge is -2.10. The average molecular weight is 747 g/mol. The van der Waals surface area contributed by atoms with Crippen LogP contribution in [0.15, 0.2) is 186 Å². The smallest absolute Gasteiger partial charge is 0.164 e. The monoisotopic (exact) mass is 746 g/mol. The second-order valence-electron chi connectivity index (χ2n) is 14.3. The number of hydrogen-bond donors (Lipinski definition) is 0. The highest BCUT2D eigenvalue weighted by Crippen LogP contribution is 2.45. The van der Waals surface area contributed by atoms with Crippen molar-refractivity contribution in [3.8, 4) is 51.0 Å². The van der Waals surface area contributed by atoms with Gasteiger partial charge < -0.3 is 8.98 Å². The lowest BCUT2D eigenvalue weighted by Crippen LogP contribution is -2.00. The number of hydrogen-bond acceptors (Lipinski definition) is 5. The van der Waals surface area contributed by atoms with Crippen LogP contribution >= 0.6 is 11.3 Å². The average Bonchev–Trinajstić information content (AvgIpc) is 3.96. The molecule has 0 unspecified atom stereocenters. The fourth-order valence-corrected chi connectivity index (χ4v) is 9.77. The second kappa shape index (κ2) is 12.6. The number of aromatic nitrogens is 4. The highest BCUT2D eigenvalue weighted by molar-refractivity contribution is 7.26. The van der Waals surface area contributed by atoms with Crippen LogP contribution in [0.2, 0.25) is 0 Å². The quantitative estimate of drug-likeness (QED) is 0.176. The van der Waals surface area contributed by atoms with Crippen molar-refractivity contribution >= 4 is 75.3 Å². The van der Waals surface area contributed by atoms with Gasteiger partial charge in [-0.2, -0.15) is 0 Å². The van der Waals surface area contributed by atoms with E-state index in [1.807, 2.05) is 84.1 Å². The Bertz CT molecular complexity index is 3420. The highest BCUT2D eigenvalue weighted by atomic mass is 32.1. The summed E-state index contributed by atoms with van der Waals surface area (Å²) < 4.78 is 11.5. The molecule has 0 aliphatic carbocycles. The van der Waals surface area contributed by atoms with Crippen LogP contribution in [0, 0.1) is 0 Å². The van der Waals surface area contributed by atoms with Crippen molar-refractivity contribution in [1.82, 2.24) is 19.5 Å². The van der Waals surface area contributed by atoms with Gasteiger partial charge in [0.05, 0.1) is 21.4 Å². The highest BCUT2D eigenvalue weighted by Gasteiger charge is 2.21. The Morgan fingerprint density at radius 3 is 1.72 bits per heavy atom. The van der Waals surface area contributed by atoms with Crippen molar-refractivity contribution in [2.45, 2.75) is 0 Å². The fourth-order valence-electron chi connectivity index (χ4n) is 8.54. The third-order valence-corrected chi connectivity index (χ3v) is 12.3. The van der Waals surface area contributed by atoms with Gasteiger partial charge in [-0.1, -0.05) is 140 Å². The zero-order valence-electron chi connectivity index (χ0n) is 30.4. The van der Waals surface area contributed by atoms with Gasteiger partial charge in [0.25, 0.3) is 0 Å². The molecule has 0 atom stereocenters. The molecule has 0 saturated carbocycles. The molecule has 0 fully saturated rings. The minimum absolute atomic E-state index is 0.602. The van der Waals surface area contributed by atoms with Crippen LogP contribution in [-0.2, 0) is 0 Å². The van der Waals surface area contributed by atoms with E-state index in [-0.39, 0.29) is 0 Å². The Kier molecular flexibility index (Phi) is 7.03. The van der Waals surface area contributed by atoms with Gasteiger partial charge in [0, 0.05) is 53.7 Å². The van der Waals surface area contributed by atoms with Crippen molar-refractivity contribution in [2.75, 3.05) is 0 Å². The van der Waals surface area contributed by atoms with Crippen LogP contribution in [-0.4, -0.2) is 19.5 Å². The molecule has 266 valence electrons. The van der Waals surface area contributed by atoms with E-state index in [4.69, 9.17) is 19.4 Å². The SMILES string of the molecule is c1ccc(-c2nc(-c3ccccc3)nc(-c3cccc4oc5ccc(-c6cccc7sc8c(-n9c%10ccccc%10c%10ccccc%109)cccc8c67)cc5c34)n2)cc1. The van der Waals surface area contributed by atoms with Crippen LogP contribution in [0.25, 0.3) is 115 Å². The van der Waals surface area contributed by atoms with Crippen LogP contribution in [0.4, 0.5) is 0 Å². The van der Waals surface area contributed by atoms with Gasteiger partial charge in [0.15, 0.2) is 17.5 Å². The molecule has 4 aromatic heterocycles. The summed E-state index contributed by atoms with van der Waals surface area (Å²) in [5, 5.41) is 7.02. The summed E-state index contributed by atoms with van der Waals surface area (Å²) >= 11 is 1.86. The molecule has 0 saturated heterocycles. The van der Waals surface area contributed by atoms with E-state index < -0.39 is 0 Å². The normalized spacial score (nSPS) is 11.9. The van der Waals surface area contributed by atoms with Gasteiger partial charge in [0.1, 0.15) is 11.2 Å². The van der Waals surface area contributed by atoms with Gasteiger partial charge >= 0.3 is 0 Å². The molecule has 0 radical (unpaired) electrons. The van der Waals surface area contributed by atoms with E-state index in [0.29, 0.717) is 17.5 Å². The van der Waals surface area contributed by atoms with Crippen LogP contribution < -0.4 is 0 Å². The lowest BCUT2D eigenvalue weighted by molar-refractivity contribution is 0.669. The molecule has 0 N–H and O–H groups in total. The summed E-state index contributed by atoms with van der Waals surface area (Å²) in [6.45, 7) is 0. The van der Waals surface area contributed by atoms with Crippen molar-refractivity contribution in [1.29, 1.82) is 0 Å². The van der Waals surface area contributed by atoms with E-state index >= 15 is 0 Å². The largest absolute Gasteiger partial charge is 0.456 e. The van der Waals surface area contributed by atoms with E-state index in [1.54, 1.807) is 0 Å². The molecular formula is C51H30N4OS. The molecule has 6 heteroatoms. The van der Waals surface area contributed by atoms with Crippen LogP contribution in [0.3, 0.4) is 0 Å². The van der Waals surface area contributed by atoms with Crippen LogP contribution in [0.5, 0.6) is 0 Å². The first-order valence-corrected chi connectivity index (χ1v) is 19.8. The number of thiophene rings is 1. The Morgan fingerprint density at radius 2 is 1.00 bits per heavy atom. The van der Waals surface area contributed by atoms with Gasteiger partial charge in [0.2, 0.25) is 0 Å². The van der Waals surface area contributed by atoms with Crippen molar-refractivity contribution in [3.05, 3.63) is 182 Å². The number of furan rings is 1. The van der Waals surface area contributed by atoms with Crippen molar-refractivity contribution in [3.63, 3.8) is 0 Å². The van der Waals surface area contributed by atoms with Crippen molar-refractivity contribution in [2.24, 2.45) is 0 Å². The van der Waals surface area contributed by atoms with Gasteiger partial charge in [-0.25, -0.2) is 15.0 Å². The molecule has 0 aliphatic rings. The third-order valence-electron chi connectivity index (χ3n) is 11.1. The summed E-state index contributed by atoms with van der Waals surface area (Å²) in [5.41, 5.74) is 10.3. The number of rotatable bonds is 5. The number of para-hydroxylation sites is 2. The van der Waals surface area contributed by atoms with E-state index in [2.05, 4.69) is 114 Å².